The summed E-state index contributed by atoms with van der Waals surface area (Å²) >= 11 is 6.39. The first-order valence-electron chi connectivity index (χ1n) is 6.92. The van der Waals surface area contributed by atoms with E-state index in [1.807, 2.05) is 20.0 Å². The summed E-state index contributed by atoms with van der Waals surface area (Å²) in [4.78, 5) is 2.28. The molecule has 0 spiro atoms. The Morgan fingerprint density at radius 1 is 1.37 bits per heavy atom. The maximum absolute atomic E-state index is 10.1. The molecular formula is C15H23ClN2O. The first kappa shape index (κ1) is 14.6. The molecule has 0 amide bonds. The molecule has 19 heavy (non-hydrogen) atoms. The third-order valence-corrected chi connectivity index (χ3v) is 4.10. The zero-order valence-corrected chi connectivity index (χ0v) is 12.5. The smallest absolute Gasteiger partial charge is 0.0642 e. The highest BCUT2D eigenvalue weighted by Gasteiger charge is 2.25. The summed E-state index contributed by atoms with van der Waals surface area (Å²) in [6.07, 6.45) is 2.65. The Labute approximate surface area is 120 Å². The molecule has 1 saturated heterocycles. The minimum absolute atomic E-state index is 0.534. The molecule has 2 N–H and O–H groups in total. The number of nitrogens with one attached hydrogen (secondary N) is 1. The zero-order chi connectivity index (χ0) is 13.9. The number of aliphatic hydroxyl groups is 1. The molecular weight excluding hydrogens is 260 g/mol. The number of halogens is 1. The van der Waals surface area contributed by atoms with E-state index in [1.54, 1.807) is 0 Å². The minimum atomic E-state index is -0.534. The summed E-state index contributed by atoms with van der Waals surface area (Å²) in [7, 11) is 1.93. The van der Waals surface area contributed by atoms with Gasteiger partial charge in [-0.25, -0.2) is 0 Å². The van der Waals surface area contributed by atoms with Crippen LogP contribution in [0.1, 0.15) is 31.7 Å². The van der Waals surface area contributed by atoms with Crippen molar-refractivity contribution in [2.75, 3.05) is 25.0 Å². The van der Waals surface area contributed by atoms with E-state index >= 15 is 0 Å². The normalized spacial score (nSPS) is 24.3. The molecule has 4 heteroatoms. The standard InChI is InChI=1S/C15H23ClN2O/c1-15(19)6-3-8-18(9-7-15)14-5-4-12(11-17-2)10-13(14)16/h4-5,10,17,19H,3,6-9,11H2,1-2H3. The lowest BCUT2D eigenvalue weighted by Gasteiger charge is -2.25. The molecule has 0 radical (unpaired) electrons. The molecule has 1 heterocycles. The highest BCUT2D eigenvalue weighted by Crippen LogP contribution is 2.31. The van der Waals surface area contributed by atoms with Crippen LogP contribution in [0.2, 0.25) is 5.02 Å². The fourth-order valence-electron chi connectivity index (χ4n) is 2.63. The van der Waals surface area contributed by atoms with Gasteiger partial charge in [-0.1, -0.05) is 17.7 Å². The van der Waals surface area contributed by atoms with E-state index in [1.165, 1.54) is 5.56 Å². The van der Waals surface area contributed by atoms with Gasteiger partial charge >= 0.3 is 0 Å². The van der Waals surface area contributed by atoms with E-state index in [9.17, 15) is 5.11 Å². The van der Waals surface area contributed by atoms with Gasteiger partial charge in [0.15, 0.2) is 0 Å². The molecule has 0 saturated carbocycles. The summed E-state index contributed by atoms with van der Waals surface area (Å²) in [5.41, 5.74) is 1.74. The average molecular weight is 283 g/mol. The van der Waals surface area contributed by atoms with Crippen LogP contribution in [0.5, 0.6) is 0 Å². The van der Waals surface area contributed by atoms with Crippen molar-refractivity contribution in [3.63, 3.8) is 0 Å². The first-order chi connectivity index (χ1) is 9.02. The number of hydrogen-bond acceptors (Lipinski definition) is 3. The lowest BCUT2D eigenvalue weighted by Crippen LogP contribution is -2.28. The molecule has 1 atom stereocenters. The molecule has 1 aliphatic heterocycles. The number of rotatable bonds is 3. The van der Waals surface area contributed by atoms with Gasteiger partial charge in [0.05, 0.1) is 16.3 Å². The molecule has 0 aromatic heterocycles. The van der Waals surface area contributed by atoms with Gasteiger partial charge in [-0.05, 0) is 50.9 Å². The quantitative estimate of drug-likeness (QED) is 0.895. The Morgan fingerprint density at radius 3 is 2.84 bits per heavy atom. The molecule has 0 bridgehead atoms. The van der Waals surface area contributed by atoms with Crippen LogP contribution in [0.15, 0.2) is 18.2 Å². The fraction of sp³-hybridized carbons (Fsp3) is 0.600. The van der Waals surface area contributed by atoms with Gasteiger partial charge in [0.25, 0.3) is 0 Å². The first-order valence-corrected chi connectivity index (χ1v) is 7.30. The number of nitrogens with zero attached hydrogens (tertiary/aromatic N) is 1. The molecule has 1 unspecified atom stereocenters. The van der Waals surface area contributed by atoms with E-state index in [4.69, 9.17) is 11.6 Å². The van der Waals surface area contributed by atoms with E-state index in [2.05, 4.69) is 22.3 Å². The lowest BCUT2D eigenvalue weighted by atomic mass is 9.98. The van der Waals surface area contributed by atoms with Gasteiger partial charge in [0.2, 0.25) is 0 Å². The van der Waals surface area contributed by atoms with E-state index < -0.39 is 5.60 Å². The highest BCUT2D eigenvalue weighted by molar-refractivity contribution is 6.33. The molecule has 3 nitrogen and oxygen atoms in total. The minimum Gasteiger partial charge on any atom is -0.390 e. The van der Waals surface area contributed by atoms with E-state index in [-0.39, 0.29) is 0 Å². The summed E-state index contributed by atoms with van der Waals surface area (Å²) in [6, 6.07) is 6.23. The molecule has 0 aliphatic carbocycles. The van der Waals surface area contributed by atoms with Crippen molar-refractivity contribution in [3.05, 3.63) is 28.8 Å². The van der Waals surface area contributed by atoms with Crippen molar-refractivity contribution in [1.29, 1.82) is 0 Å². The largest absolute Gasteiger partial charge is 0.390 e. The Balaban J connectivity index is 2.13. The van der Waals surface area contributed by atoms with Crippen LogP contribution in [-0.2, 0) is 6.54 Å². The van der Waals surface area contributed by atoms with Crippen LogP contribution in [0.3, 0.4) is 0 Å². The van der Waals surface area contributed by atoms with Crippen LogP contribution in [0.25, 0.3) is 0 Å². The summed E-state index contributed by atoms with van der Waals surface area (Å²) in [5.74, 6) is 0. The van der Waals surface area contributed by atoms with Crippen molar-refractivity contribution in [3.8, 4) is 0 Å². The van der Waals surface area contributed by atoms with Crippen LogP contribution in [0, 0.1) is 0 Å². The third-order valence-electron chi connectivity index (χ3n) is 3.80. The van der Waals surface area contributed by atoms with Crippen LogP contribution in [0.4, 0.5) is 5.69 Å². The second kappa shape index (κ2) is 6.12. The molecule has 1 aromatic rings. The zero-order valence-electron chi connectivity index (χ0n) is 11.7. The van der Waals surface area contributed by atoms with E-state index in [0.29, 0.717) is 0 Å². The summed E-state index contributed by atoms with van der Waals surface area (Å²) < 4.78 is 0. The fourth-order valence-corrected chi connectivity index (χ4v) is 2.95. The molecule has 106 valence electrons. The molecule has 2 rings (SSSR count). The SMILES string of the molecule is CNCc1ccc(N2CCCC(C)(O)CC2)c(Cl)c1. The Bertz CT molecular complexity index is 434. The van der Waals surface area contributed by atoms with Crippen molar-refractivity contribution >= 4 is 17.3 Å². The third kappa shape index (κ3) is 3.85. The van der Waals surface area contributed by atoms with Gasteiger partial charge in [0.1, 0.15) is 0 Å². The van der Waals surface area contributed by atoms with Gasteiger partial charge in [0, 0.05) is 19.6 Å². The van der Waals surface area contributed by atoms with Gasteiger partial charge < -0.3 is 15.3 Å². The monoisotopic (exact) mass is 282 g/mol. The van der Waals surface area contributed by atoms with Crippen molar-refractivity contribution < 1.29 is 5.11 Å². The lowest BCUT2D eigenvalue weighted by molar-refractivity contribution is 0.0481. The predicted molar refractivity (Wildman–Crippen MR) is 80.9 cm³/mol. The Hall–Kier alpha value is -0.770. The predicted octanol–water partition coefficient (Wildman–Crippen LogP) is 2.80. The molecule has 1 aliphatic rings. The number of benzene rings is 1. The number of anilines is 1. The van der Waals surface area contributed by atoms with Gasteiger partial charge in [-0.2, -0.15) is 0 Å². The molecule has 1 fully saturated rings. The van der Waals surface area contributed by atoms with Crippen LogP contribution < -0.4 is 10.2 Å². The molecule has 1 aromatic carbocycles. The summed E-state index contributed by atoms with van der Waals surface area (Å²) in [5, 5.41) is 14.1. The summed E-state index contributed by atoms with van der Waals surface area (Å²) in [6.45, 7) is 4.57. The van der Waals surface area contributed by atoms with Crippen molar-refractivity contribution in [1.82, 2.24) is 5.32 Å². The van der Waals surface area contributed by atoms with Crippen LogP contribution >= 0.6 is 11.6 Å². The average Bonchev–Trinajstić information content (AvgIpc) is 2.51. The van der Waals surface area contributed by atoms with Crippen molar-refractivity contribution in [2.24, 2.45) is 0 Å². The maximum Gasteiger partial charge on any atom is 0.0642 e. The second-order valence-electron chi connectivity index (χ2n) is 5.65. The maximum atomic E-state index is 10.1. The van der Waals surface area contributed by atoms with Gasteiger partial charge in [-0.15, -0.1) is 0 Å². The van der Waals surface area contributed by atoms with Gasteiger partial charge in [-0.3, -0.25) is 0 Å². The second-order valence-corrected chi connectivity index (χ2v) is 6.06. The Kier molecular flexibility index (Phi) is 4.71. The topological polar surface area (TPSA) is 35.5 Å². The number of hydrogen-bond donors (Lipinski definition) is 2. The van der Waals surface area contributed by atoms with Crippen LogP contribution in [-0.4, -0.2) is 30.8 Å². The van der Waals surface area contributed by atoms with Crippen molar-refractivity contribution in [2.45, 2.75) is 38.3 Å². The Morgan fingerprint density at radius 2 is 2.16 bits per heavy atom. The van der Waals surface area contributed by atoms with E-state index in [0.717, 1.165) is 49.6 Å². The highest BCUT2D eigenvalue weighted by atomic mass is 35.5.